The molecular formula is C6H12ClN. The molecule has 0 aromatic rings. The van der Waals surface area contributed by atoms with E-state index in [1.165, 1.54) is 25.8 Å². The number of halogens is 1. The Bertz CT molecular complexity index is 66.6. The molecule has 2 bridgehead atoms. The number of hydrogen-bond donors (Lipinski definition) is 1. The van der Waals surface area contributed by atoms with Gasteiger partial charge in [-0.15, -0.1) is 12.4 Å². The molecule has 8 heavy (non-hydrogen) atoms. The van der Waals surface area contributed by atoms with Gasteiger partial charge in [0.25, 0.3) is 0 Å². The maximum absolute atomic E-state index is 3.46. The minimum absolute atomic E-state index is 0. The first kappa shape index (κ1) is 6.37. The largest absolute Gasteiger partial charge is 0.314 e. The highest BCUT2D eigenvalue weighted by Gasteiger charge is 2.30. The molecule has 2 fully saturated rings. The molecule has 0 unspecified atom stereocenters. The lowest BCUT2D eigenvalue weighted by Gasteiger charge is -2.08. The van der Waals surface area contributed by atoms with Gasteiger partial charge in [-0.3, -0.25) is 0 Å². The summed E-state index contributed by atoms with van der Waals surface area (Å²) < 4.78 is 0. The Balaban J connectivity index is 0.000000320. The van der Waals surface area contributed by atoms with Gasteiger partial charge in [0.1, 0.15) is 0 Å². The Hall–Kier alpha value is 0.250. The van der Waals surface area contributed by atoms with E-state index in [-0.39, 0.29) is 12.4 Å². The van der Waals surface area contributed by atoms with E-state index < -0.39 is 0 Å². The van der Waals surface area contributed by atoms with Gasteiger partial charge in [-0.05, 0) is 31.7 Å². The lowest BCUT2D eigenvalue weighted by Crippen LogP contribution is -2.23. The molecule has 0 aromatic carbocycles. The number of fused-ring (bicyclic) bond motifs is 2. The summed E-state index contributed by atoms with van der Waals surface area (Å²) >= 11 is 0. The van der Waals surface area contributed by atoms with Crippen LogP contribution in [0.4, 0.5) is 0 Å². The first-order valence-electron chi connectivity index (χ1n) is 3.18. The van der Waals surface area contributed by atoms with Gasteiger partial charge >= 0.3 is 0 Å². The Morgan fingerprint density at radius 3 is 2.25 bits per heavy atom. The molecule has 0 radical (unpaired) electrons. The van der Waals surface area contributed by atoms with Crippen molar-refractivity contribution in [2.75, 3.05) is 6.54 Å². The lowest BCUT2D eigenvalue weighted by atomic mass is 10.1. The van der Waals surface area contributed by atoms with E-state index in [0.29, 0.717) is 0 Å². The maximum Gasteiger partial charge on any atom is 0.00704 e. The first-order valence-corrected chi connectivity index (χ1v) is 3.18. The van der Waals surface area contributed by atoms with Crippen LogP contribution in [0.3, 0.4) is 0 Å². The highest BCUT2D eigenvalue weighted by molar-refractivity contribution is 5.85. The molecule has 1 heterocycles. The molecule has 1 N–H and O–H groups in total. The molecule has 0 amide bonds. The van der Waals surface area contributed by atoms with Crippen molar-refractivity contribution in [3.05, 3.63) is 0 Å². The second kappa shape index (κ2) is 2.24. The Labute approximate surface area is 56.3 Å². The van der Waals surface area contributed by atoms with Crippen LogP contribution in [-0.2, 0) is 0 Å². The van der Waals surface area contributed by atoms with Crippen LogP contribution in [0.5, 0.6) is 0 Å². The predicted octanol–water partition coefficient (Wildman–Crippen LogP) is 1.18. The summed E-state index contributed by atoms with van der Waals surface area (Å²) in [6.45, 7) is 1.31. The quantitative estimate of drug-likeness (QED) is 0.524. The zero-order chi connectivity index (χ0) is 4.69. The summed E-state index contributed by atoms with van der Waals surface area (Å²) in [6.07, 6.45) is 4.42. The molecular weight excluding hydrogens is 122 g/mol. The van der Waals surface area contributed by atoms with Crippen LogP contribution in [0.15, 0.2) is 0 Å². The normalized spacial score (nSPS) is 42.0. The summed E-state index contributed by atoms with van der Waals surface area (Å²) in [6, 6.07) is 0.921. The predicted molar refractivity (Wildman–Crippen MR) is 36.4 cm³/mol. The fraction of sp³-hybridized carbons (Fsp3) is 1.00. The van der Waals surface area contributed by atoms with Crippen LogP contribution < -0.4 is 5.32 Å². The van der Waals surface area contributed by atoms with Gasteiger partial charge in [-0.25, -0.2) is 0 Å². The van der Waals surface area contributed by atoms with E-state index in [1.807, 2.05) is 0 Å². The zero-order valence-electron chi connectivity index (χ0n) is 4.89. The molecule has 2 rings (SSSR count). The van der Waals surface area contributed by atoms with Gasteiger partial charge in [0.2, 0.25) is 0 Å². The Morgan fingerprint density at radius 2 is 2.12 bits per heavy atom. The smallest absolute Gasteiger partial charge is 0.00704 e. The average Bonchev–Trinajstić information content (AvgIpc) is 2.22. The van der Waals surface area contributed by atoms with Crippen LogP contribution in [-0.4, -0.2) is 12.6 Å². The van der Waals surface area contributed by atoms with E-state index in [4.69, 9.17) is 0 Å². The molecule has 2 heteroatoms. The topological polar surface area (TPSA) is 12.0 Å². The molecule has 1 saturated heterocycles. The zero-order valence-corrected chi connectivity index (χ0v) is 5.71. The fourth-order valence-corrected chi connectivity index (χ4v) is 1.78. The fourth-order valence-electron chi connectivity index (χ4n) is 1.78. The standard InChI is InChI=1S/C6H11N.ClH/c1-2-6-3-5(1)4-7-6;/h5-7H,1-4H2;1H/t5-,6+;/m1./s1. The number of piperidine rings is 1. The number of hydrogen-bond acceptors (Lipinski definition) is 1. The van der Waals surface area contributed by atoms with Gasteiger partial charge in [-0.1, -0.05) is 0 Å². The van der Waals surface area contributed by atoms with Crippen molar-refractivity contribution in [2.45, 2.75) is 25.3 Å². The van der Waals surface area contributed by atoms with Crippen LogP contribution >= 0.6 is 12.4 Å². The van der Waals surface area contributed by atoms with Gasteiger partial charge < -0.3 is 5.32 Å². The second-order valence-electron chi connectivity index (χ2n) is 2.78. The minimum Gasteiger partial charge on any atom is -0.314 e. The van der Waals surface area contributed by atoms with Crippen LogP contribution in [0.1, 0.15) is 19.3 Å². The molecule has 48 valence electrons. The molecule has 0 aromatic heterocycles. The summed E-state index contributed by atoms with van der Waals surface area (Å²) in [5.41, 5.74) is 0. The van der Waals surface area contributed by atoms with E-state index in [0.717, 1.165) is 12.0 Å². The van der Waals surface area contributed by atoms with Crippen LogP contribution in [0.25, 0.3) is 0 Å². The van der Waals surface area contributed by atoms with E-state index in [9.17, 15) is 0 Å². The first-order chi connectivity index (χ1) is 3.45. The second-order valence-corrected chi connectivity index (χ2v) is 2.78. The summed E-state index contributed by atoms with van der Waals surface area (Å²) in [5.74, 6) is 1.06. The van der Waals surface area contributed by atoms with Gasteiger partial charge in [0.05, 0.1) is 0 Å². The number of nitrogens with one attached hydrogen (secondary N) is 1. The van der Waals surface area contributed by atoms with Crippen molar-refractivity contribution in [1.29, 1.82) is 0 Å². The van der Waals surface area contributed by atoms with Gasteiger partial charge in [-0.2, -0.15) is 0 Å². The monoisotopic (exact) mass is 133 g/mol. The average molecular weight is 134 g/mol. The highest BCUT2D eigenvalue weighted by Crippen LogP contribution is 2.29. The Morgan fingerprint density at radius 1 is 1.25 bits per heavy atom. The summed E-state index contributed by atoms with van der Waals surface area (Å²) in [7, 11) is 0. The van der Waals surface area contributed by atoms with Crippen molar-refractivity contribution >= 4 is 12.4 Å². The number of rotatable bonds is 0. The molecule has 0 spiro atoms. The third kappa shape index (κ3) is 0.848. The van der Waals surface area contributed by atoms with E-state index in [2.05, 4.69) is 5.32 Å². The maximum atomic E-state index is 3.46. The van der Waals surface area contributed by atoms with Crippen LogP contribution in [0, 0.1) is 5.92 Å². The molecule has 2 aliphatic rings. The summed E-state index contributed by atoms with van der Waals surface area (Å²) in [4.78, 5) is 0. The summed E-state index contributed by atoms with van der Waals surface area (Å²) in [5, 5.41) is 3.46. The lowest BCUT2D eigenvalue weighted by molar-refractivity contribution is 0.504. The van der Waals surface area contributed by atoms with Gasteiger partial charge in [0.15, 0.2) is 0 Å². The van der Waals surface area contributed by atoms with Crippen molar-refractivity contribution < 1.29 is 0 Å². The van der Waals surface area contributed by atoms with E-state index in [1.54, 1.807) is 0 Å². The SMILES string of the molecule is C1C[C@H]2C[C@@H]1CN2.Cl. The van der Waals surface area contributed by atoms with Crippen molar-refractivity contribution in [3.8, 4) is 0 Å². The van der Waals surface area contributed by atoms with Crippen LogP contribution in [0.2, 0.25) is 0 Å². The Kier molecular flexibility index (Phi) is 1.78. The minimum atomic E-state index is 0. The molecule has 1 saturated carbocycles. The van der Waals surface area contributed by atoms with Crippen molar-refractivity contribution in [1.82, 2.24) is 5.32 Å². The van der Waals surface area contributed by atoms with Crippen molar-refractivity contribution in [3.63, 3.8) is 0 Å². The molecule has 1 nitrogen and oxygen atoms in total. The third-order valence-corrected chi connectivity index (χ3v) is 2.24. The molecule has 1 aliphatic heterocycles. The van der Waals surface area contributed by atoms with Crippen molar-refractivity contribution in [2.24, 2.45) is 5.92 Å². The van der Waals surface area contributed by atoms with E-state index >= 15 is 0 Å². The highest BCUT2D eigenvalue weighted by atomic mass is 35.5. The third-order valence-electron chi connectivity index (χ3n) is 2.24. The van der Waals surface area contributed by atoms with Gasteiger partial charge in [0, 0.05) is 6.04 Å². The molecule has 1 aliphatic carbocycles. The molecule has 2 atom stereocenters.